The summed E-state index contributed by atoms with van der Waals surface area (Å²) in [5.74, 6) is 5.11. The first kappa shape index (κ1) is 12.5. The zero-order chi connectivity index (χ0) is 11.8. The van der Waals surface area contributed by atoms with E-state index in [4.69, 9.17) is 10.6 Å². The van der Waals surface area contributed by atoms with Crippen molar-refractivity contribution in [1.82, 2.24) is 5.32 Å². The summed E-state index contributed by atoms with van der Waals surface area (Å²) in [6, 6.07) is 6.92. The molecule has 4 N–H and O–H groups in total. The second-order valence-corrected chi connectivity index (χ2v) is 3.17. The third-order valence-corrected chi connectivity index (χ3v) is 2.05. The lowest BCUT2D eigenvalue weighted by Crippen LogP contribution is -2.27. The van der Waals surface area contributed by atoms with Gasteiger partial charge in [-0.3, -0.25) is 10.6 Å². The predicted molar refractivity (Wildman–Crippen MR) is 63.1 cm³/mol. The van der Waals surface area contributed by atoms with Crippen molar-refractivity contribution in [3.8, 4) is 0 Å². The summed E-state index contributed by atoms with van der Waals surface area (Å²) in [7, 11) is 0. The molecule has 0 atom stereocenters. The summed E-state index contributed by atoms with van der Waals surface area (Å²) < 4.78 is 5.12. The van der Waals surface area contributed by atoms with Crippen molar-refractivity contribution >= 4 is 11.6 Å². The molecule has 1 rings (SSSR count). The lowest BCUT2D eigenvalue weighted by molar-refractivity contribution is 0.0922. The second kappa shape index (κ2) is 6.81. The fraction of sp³-hybridized carbons (Fsp3) is 0.364. The first-order valence-corrected chi connectivity index (χ1v) is 5.20. The van der Waals surface area contributed by atoms with Crippen LogP contribution in [0.3, 0.4) is 0 Å². The van der Waals surface area contributed by atoms with Crippen LogP contribution in [0.15, 0.2) is 24.3 Å². The Labute approximate surface area is 94.9 Å². The van der Waals surface area contributed by atoms with Crippen LogP contribution in [0.5, 0.6) is 0 Å². The number of hydrogen-bond acceptors (Lipinski definition) is 4. The summed E-state index contributed by atoms with van der Waals surface area (Å²) in [5, 5.41) is 2.76. The molecule has 0 heterocycles. The molecule has 1 amide bonds. The Hall–Kier alpha value is -1.59. The molecule has 0 saturated heterocycles. The smallest absolute Gasteiger partial charge is 0.251 e. The maximum atomic E-state index is 11.6. The highest BCUT2D eigenvalue weighted by Crippen LogP contribution is 2.07. The van der Waals surface area contributed by atoms with E-state index in [1.807, 2.05) is 6.92 Å². The lowest BCUT2D eigenvalue weighted by atomic mass is 10.2. The van der Waals surface area contributed by atoms with Crippen molar-refractivity contribution in [1.29, 1.82) is 0 Å². The Bertz CT molecular complexity index is 325. The quantitative estimate of drug-likeness (QED) is 0.377. The number of hydrazine groups is 1. The van der Waals surface area contributed by atoms with Crippen LogP contribution in [-0.2, 0) is 4.74 Å². The summed E-state index contributed by atoms with van der Waals surface area (Å²) in [6.07, 6.45) is 0. The molecule has 0 aliphatic heterocycles. The SMILES string of the molecule is CCOCCNC(=O)c1ccc(NN)cc1. The second-order valence-electron chi connectivity index (χ2n) is 3.17. The fourth-order valence-electron chi connectivity index (χ4n) is 1.20. The van der Waals surface area contributed by atoms with Crippen molar-refractivity contribution in [3.63, 3.8) is 0 Å². The molecule has 0 saturated carbocycles. The third-order valence-electron chi connectivity index (χ3n) is 2.05. The molecule has 0 aromatic heterocycles. The van der Waals surface area contributed by atoms with Gasteiger partial charge in [-0.15, -0.1) is 0 Å². The number of rotatable bonds is 6. The number of anilines is 1. The predicted octanol–water partition coefficient (Wildman–Crippen LogP) is 0.738. The van der Waals surface area contributed by atoms with Crippen molar-refractivity contribution < 1.29 is 9.53 Å². The van der Waals surface area contributed by atoms with Crippen LogP contribution in [0, 0.1) is 0 Å². The monoisotopic (exact) mass is 223 g/mol. The molecular weight excluding hydrogens is 206 g/mol. The van der Waals surface area contributed by atoms with Crippen molar-refractivity contribution in [2.24, 2.45) is 5.84 Å². The highest BCUT2D eigenvalue weighted by atomic mass is 16.5. The molecule has 5 heteroatoms. The lowest BCUT2D eigenvalue weighted by Gasteiger charge is -2.06. The number of benzene rings is 1. The number of amides is 1. The maximum absolute atomic E-state index is 11.6. The van der Waals surface area contributed by atoms with Crippen LogP contribution in [0.1, 0.15) is 17.3 Å². The standard InChI is InChI=1S/C11H17N3O2/c1-2-16-8-7-13-11(15)9-3-5-10(14-12)6-4-9/h3-6,14H,2,7-8,12H2,1H3,(H,13,15). The summed E-state index contributed by atoms with van der Waals surface area (Å²) in [4.78, 5) is 11.6. The topological polar surface area (TPSA) is 76.4 Å². The molecule has 88 valence electrons. The highest BCUT2D eigenvalue weighted by molar-refractivity contribution is 5.94. The number of ether oxygens (including phenoxy) is 1. The summed E-state index contributed by atoms with van der Waals surface area (Å²) >= 11 is 0. The maximum Gasteiger partial charge on any atom is 0.251 e. The van der Waals surface area contributed by atoms with Crippen LogP contribution in [0.2, 0.25) is 0 Å². The average molecular weight is 223 g/mol. The first-order chi connectivity index (χ1) is 7.77. The van der Waals surface area contributed by atoms with Crippen LogP contribution < -0.4 is 16.6 Å². The molecule has 0 spiro atoms. The highest BCUT2D eigenvalue weighted by Gasteiger charge is 2.03. The normalized spacial score (nSPS) is 9.88. The van der Waals surface area contributed by atoms with E-state index in [2.05, 4.69) is 10.7 Å². The van der Waals surface area contributed by atoms with Gasteiger partial charge < -0.3 is 15.5 Å². The fourth-order valence-corrected chi connectivity index (χ4v) is 1.20. The number of hydrogen-bond donors (Lipinski definition) is 3. The van der Waals surface area contributed by atoms with E-state index in [1.54, 1.807) is 24.3 Å². The van der Waals surface area contributed by atoms with Crippen molar-refractivity contribution in [2.75, 3.05) is 25.2 Å². The molecule has 0 radical (unpaired) electrons. The van der Waals surface area contributed by atoms with Crippen LogP contribution >= 0.6 is 0 Å². The minimum Gasteiger partial charge on any atom is -0.380 e. The minimum atomic E-state index is -0.108. The molecule has 0 bridgehead atoms. The third kappa shape index (κ3) is 3.88. The van der Waals surface area contributed by atoms with E-state index in [0.29, 0.717) is 25.3 Å². The molecule has 16 heavy (non-hydrogen) atoms. The first-order valence-electron chi connectivity index (χ1n) is 5.20. The van der Waals surface area contributed by atoms with Gasteiger partial charge in [-0.1, -0.05) is 0 Å². The Morgan fingerprint density at radius 3 is 2.62 bits per heavy atom. The zero-order valence-electron chi connectivity index (χ0n) is 9.32. The van der Waals surface area contributed by atoms with Gasteiger partial charge in [0.05, 0.1) is 6.61 Å². The van der Waals surface area contributed by atoms with Gasteiger partial charge in [0.15, 0.2) is 0 Å². The molecule has 1 aromatic rings. The van der Waals surface area contributed by atoms with E-state index in [0.717, 1.165) is 5.69 Å². The molecule has 0 aliphatic carbocycles. The van der Waals surface area contributed by atoms with E-state index >= 15 is 0 Å². The van der Waals surface area contributed by atoms with Gasteiger partial charge in [0.1, 0.15) is 0 Å². The summed E-state index contributed by atoms with van der Waals surface area (Å²) in [6.45, 7) is 3.63. The van der Waals surface area contributed by atoms with Gasteiger partial charge in [0.2, 0.25) is 0 Å². The Kier molecular flexibility index (Phi) is 5.31. The van der Waals surface area contributed by atoms with Crippen molar-refractivity contribution in [3.05, 3.63) is 29.8 Å². The van der Waals surface area contributed by atoms with Crippen LogP contribution in [-0.4, -0.2) is 25.7 Å². The van der Waals surface area contributed by atoms with Crippen LogP contribution in [0.25, 0.3) is 0 Å². The molecule has 0 unspecified atom stereocenters. The Morgan fingerprint density at radius 2 is 2.06 bits per heavy atom. The zero-order valence-corrected chi connectivity index (χ0v) is 9.32. The molecule has 0 fully saturated rings. The molecular formula is C11H17N3O2. The number of carbonyl (C=O) groups is 1. The molecule has 5 nitrogen and oxygen atoms in total. The van der Waals surface area contributed by atoms with Crippen LogP contribution in [0.4, 0.5) is 5.69 Å². The van der Waals surface area contributed by atoms with Crippen molar-refractivity contribution in [2.45, 2.75) is 6.92 Å². The summed E-state index contributed by atoms with van der Waals surface area (Å²) in [5.41, 5.74) is 3.88. The van der Waals surface area contributed by atoms with E-state index in [-0.39, 0.29) is 5.91 Å². The Morgan fingerprint density at radius 1 is 1.38 bits per heavy atom. The van der Waals surface area contributed by atoms with Gasteiger partial charge in [-0.05, 0) is 31.2 Å². The molecule has 0 aliphatic rings. The minimum absolute atomic E-state index is 0.108. The number of nitrogens with two attached hydrogens (primary N) is 1. The largest absolute Gasteiger partial charge is 0.380 e. The number of nitrogen functional groups attached to an aromatic ring is 1. The van der Waals surface area contributed by atoms with Gasteiger partial charge in [-0.25, -0.2) is 0 Å². The van der Waals surface area contributed by atoms with E-state index in [9.17, 15) is 4.79 Å². The molecule has 1 aromatic carbocycles. The van der Waals surface area contributed by atoms with E-state index < -0.39 is 0 Å². The van der Waals surface area contributed by atoms with Gasteiger partial charge in [0, 0.05) is 24.4 Å². The number of nitrogens with one attached hydrogen (secondary N) is 2. The van der Waals surface area contributed by atoms with Gasteiger partial charge in [-0.2, -0.15) is 0 Å². The Balaban J connectivity index is 2.40. The van der Waals surface area contributed by atoms with Gasteiger partial charge in [0.25, 0.3) is 5.91 Å². The van der Waals surface area contributed by atoms with E-state index in [1.165, 1.54) is 0 Å². The van der Waals surface area contributed by atoms with Gasteiger partial charge >= 0.3 is 0 Å². The average Bonchev–Trinajstić information content (AvgIpc) is 2.34. The number of carbonyl (C=O) groups excluding carboxylic acids is 1.